The molecule has 0 radical (unpaired) electrons. The van der Waals surface area contributed by atoms with Gasteiger partial charge in [-0.2, -0.15) is 0 Å². The molecule has 0 N–H and O–H groups in total. The van der Waals surface area contributed by atoms with E-state index < -0.39 is 0 Å². The number of ether oxygens (including phenoxy) is 1. The van der Waals surface area contributed by atoms with Crippen LogP contribution in [0.1, 0.15) is 47.7 Å². The minimum absolute atomic E-state index is 0.0245. The number of halogens is 1. The van der Waals surface area contributed by atoms with Crippen molar-refractivity contribution in [1.29, 1.82) is 0 Å². The normalized spacial score (nSPS) is 15.1. The minimum atomic E-state index is 0.0245. The molecular weight excluding hydrogens is 290 g/mol. The van der Waals surface area contributed by atoms with Crippen molar-refractivity contribution in [1.82, 2.24) is 4.98 Å². The predicted molar refractivity (Wildman–Crippen MR) is 83.8 cm³/mol. The van der Waals surface area contributed by atoms with Crippen molar-refractivity contribution >= 4 is 22.9 Å². The summed E-state index contributed by atoms with van der Waals surface area (Å²) < 4.78 is 6.14. The maximum Gasteiger partial charge on any atom is 0.150 e. The zero-order valence-corrected chi connectivity index (χ0v) is 13.1. The lowest BCUT2D eigenvalue weighted by molar-refractivity contribution is 0.200. The zero-order chi connectivity index (χ0) is 13.9. The van der Waals surface area contributed by atoms with Gasteiger partial charge in [0.05, 0.1) is 11.6 Å². The maximum absolute atomic E-state index is 6.14. The Morgan fingerprint density at radius 2 is 2.20 bits per heavy atom. The molecule has 0 aliphatic heterocycles. The van der Waals surface area contributed by atoms with Crippen LogP contribution in [-0.2, 0) is 18.7 Å². The van der Waals surface area contributed by atoms with Gasteiger partial charge in [-0.1, -0.05) is 13.0 Å². The highest BCUT2D eigenvalue weighted by atomic mass is 35.5. The smallest absolute Gasteiger partial charge is 0.150 e. The molecule has 1 aliphatic rings. The Morgan fingerprint density at radius 3 is 2.95 bits per heavy atom. The SMILES string of the molecule is CCC(Oc1ccc2c(c1)CCC2)c1nc(CCl)cs1. The summed E-state index contributed by atoms with van der Waals surface area (Å²) in [6, 6.07) is 6.49. The molecule has 2 aromatic rings. The Labute approximate surface area is 128 Å². The number of aromatic nitrogens is 1. The second kappa shape index (κ2) is 6.15. The average Bonchev–Trinajstić information content (AvgIpc) is 3.12. The summed E-state index contributed by atoms with van der Waals surface area (Å²) in [6.07, 6.45) is 4.58. The van der Waals surface area contributed by atoms with E-state index in [4.69, 9.17) is 16.3 Å². The number of hydrogen-bond donors (Lipinski definition) is 0. The maximum atomic E-state index is 6.14. The molecule has 0 saturated heterocycles. The van der Waals surface area contributed by atoms with E-state index in [1.54, 1.807) is 11.3 Å². The van der Waals surface area contributed by atoms with Crippen molar-refractivity contribution in [2.45, 2.75) is 44.6 Å². The number of alkyl halides is 1. The topological polar surface area (TPSA) is 22.1 Å². The Morgan fingerprint density at radius 1 is 1.35 bits per heavy atom. The Hall–Kier alpha value is -1.06. The first kappa shape index (κ1) is 13.9. The third-order valence-corrected chi connectivity index (χ3v) is 4.96. The number of rotatable bonds is 5. The number of thiazole rings is 1. The molecule has 20 heavy (non-hydrogen) atoms. The molecular formula is C16H18ClNOS. The summed E-state index contributed by atoms with van der Waals surface area (Å²) in [5.74, 6) is 1.42. The van der Waals surface area contributed by atoms with E-state index in [0.29, 0.717) is 5.88 Å². The van der Waals surface area contributed by atoms with Crippen LogP contribution >= 0.6 is 22.9 Å². The first-order valence-corrected chi connectivity index (χ1v) is 8.50. The third kappa shape index (κ3) is 2.84. The molecule has 0 bridgehead atoms. The summed E-state index contributed by atoms with van der Waals surface area (Å²) in [5, 5.41) is 3.03. The Kier molecular flexibility index (Phi) is 4.27. The van der Waals surface area contributed by atoms with E-state index in [9.17, 15) is 0 Å². The highest BCUT2D eigenvalue weighted by molar-refractivity contribution is 7.09. The predicted octanol–water partition coefficient (Wildman–Crippen LogP) is 4.90. The van der Waals surface area contributed by atoms with Crippen LogP contribution in [0.15, 0.2) is 23.6 Å². The monoisotopic (exact) mass is 307 g/mol. The molecule has 1 aromatic carbocycles. The summed E-state index contributed by atoms with van der Waals surface area (Å²) in [7, 11) is 0. The fourth-order valence-corrected chi connectivity index (χ4v) is 3.78. The van der Waals surface area contributed by atoms with E-state index in [-0.39, 0.29) is 6.10 Å². The standard InChI is InChI=1S/C16H18ClNOS/c1-2-15(16-18-13(9-17)10-20-16)19-14-7-6-11-4-3-5-12(11)8-14/h6-8,10,15H,2-5,9H2,1H3. The molecule has 1 heterocycles. The number of benzene rings is 1. The fourth-order valence-electron chi connectivity index (χ4n) is 2.63. The van der Waals surface area contributed by atoms with Crippen LogP contribution in [0.4, 0.5) is 0 Å². The van der Waals surface area contributed by atoms with Crippen molar-refractivity contribution < 1.29 is 4.74 Å². The molecule has 0 fully saturated rings. The van der Waals surface area contributed by atoms with E-state index in [0.717, 1.165) is 22.9 Å². The van der Waals surface area contributed by atoms with Gasteiger partial charge in [-0.25, -0.2) is 4.98 Å². The summed E-state index contributed by atoms with van der Waals surface area (Å²) in [5.41, 5.74) is 3.85. The van der Waals surface area contributed by atoms with Crippen LogP contribution in [-0.4, -0.2) is 4.98 Å². The number of aryl methyl sites for hydroxylation is 2. The first-order valence-electron chi connectivity index (χ1n) is 7.09. The molecule has 1 aliphatic carbocycles. The second-order valence-electron chi connectivity index (χ2n) is 5.11. The van der Waals surface area contributed by atoms with Gasteiger partial charge in [0, 0.05) is 5.38 Å². The van der Waals surface area contributed by atoms with Crippen molar-refractivity contribution in [3.63, 3.8) is 0 Å². The summed E-state index contributed by atoms with van der Waals surface area (Å²) >= 11 is 7.45. The van der Waals surface area contributed by atoms with Crippen molar-refractivity contribution in [3.05, 3.63) is 45.4 Å². The second-order valence-corrected chi connectivity index (χ2v) is 6.27. The molecule has 4 heteroatoms. The largest absolute Gasteiger partial charge is 0.483 e. The highest BCUT2D eigenvalue weighted by Crippen LogP contribution is 2.31. The van der Waals surface area contributed by atoms with E-state index in [2.05, 4.69) is 30.1 Å². The fraction of sp³-hybridized carbons (Fsp3) is 0.438. The number of hydrogen-bond acceptors (Lipinski definition) is 3. The molecule has 1 unspecified atom stereocenters. The van der Waals surface area contributed by atoms with Crippen molar-refractivity contribution in [2.24, 2.45) is 0 Å². The van der Waals surface area contributed by atoms with Gasteiger partial charge in [0.15, 0.2) is 0 Å². The van der Waals surface area contributed by atoms with Gasteiger partial charge in [0.1, 0.15) is 16.9 Å². The average molecular weight is 308 g/mol. The molecule has 3 rings (SSSR count). The van der Waals surface area contributed by atoms with Crippen molar-refractivity contribution in [2.75, 3.05) is 0 Å². The van der Waals surface area contributed by atoms with Gasteiger partial charge in [0.2, 0.25) is 0 Å². The summed E-state index contributed by atoms with van der Waals surface area (Å²) in [4.78, 5) is 4.53. The van der Waals surface area contributed by atoms with Crippen LogP contribution in [0.3, 0.4) is 0 Å². The van der Waals surface area contributed by atoms with Crippen LogP contribution in [0.5, 0.6) is 5.75 Å². The van der Waals surface area contributed by atoms with E-state index in [1.807, 2.05) is 5.38 Å². The van der Waals surface area contributed by atoms with Gasteiger partial charge in [0.25, 0.3) is 0 Å². The molecule has 0 amide bonds. The third-order valence-electron chi connectivity index (χ3n) is 3.70. The first-order chi connectivity index (χ1) is 9.80. The molecule has 1 aromatic heterocycles. The lowest BCUT2D eigenvalue weighted by Crippen LogP contribution is -2.06. The van der Waals surface area contributed by atoms with Gasteiger partial charge in [-0.05, 0) is 48.9 Å². The molecule has 0 spiro atoms. The molecule has 1 atom stereocenters. The molecule has 0 saturated carbocycles. The van der Waals surface area contributed by atoms with E-state index in [1.165, 1.54) is 30.4 Å². The van der Waals surface area contributed by atoms with Crippen LogP contribution < -0.4 is 4.74 Å². The summed E-state index contributed by atoms with van der Waals surface area (Å²) in [6.45, 7) is 2.12. The quantitative estimate of drug-likeness (QED) is 0.733. The minimum Gasteiger partial charge on any atom is -0.483 e. The van der Waals surface area contributed by atoms with E-state index >= 15 is 0 Å². The van der Waals surface area contributed by atoms with Crippen LogP contribution in [0.2, 0.25) is 0 Å². The zero-order valence-electron chi connectivity index (χ0n) is 11.6. The van der Waals surface area contributed by atoms with Gasteiger partial charge in [-0.3, -0.25) is 0 Å². The lowest BCUT2D eigenvalue weighted by atomic mass is 10.1. The Bertz CT molecular complexity index is 596. The van der Waals surface area contributed by atoms with Crippen molar-refractivity contribution in [3.8, 4) is 5.75 Å². The van der Waals surface area contributed by atoms with Crippen LogP contribution in [0.25, 0.3) is 0 Å². The van der Waals surface area contributed by atoms with Gasteiger partial charge < -0.3 is 4.74 Å². The molecule has 106 valence electrons. The highest BCUT2D eigenvalue weighted by Gasteiger charge is 2.17. The Balaban J connectivity index is 1.77. The van der Waals surface area contributed by atoms with Gasteiger partial charge >= 0.3 is 0 Å². The van der Waals surface area contributed by atoms with Crippen LogP contribution in [0, 0.1) is 0 Å². The number of nitrogens with zero attached hydrogens (tertiary/aromatic N) is 1. The molecule has 2 nitrogen and oxygen atoms in total. The van der Waals surface area contributed by atoms with Gasteiger partial charge in [-0.15, -0.1) is 22.9 Å². The number of fused-ring (bicyclic) bond motifs is 1. The lowest BCUT2D eigenvalue weighted by Gasteiger charge is -2.16.